The first kappa shape index (κ1) is 11.1. The molecule has 1 aliphatic rings. The molecule has 1 aliphatic heterocycles. The number of nitrogens with zero attached hydrogens (tertiary/aromatic N) is 1. The Hall–Kier alpha value is -2.00. The highest BCUT2D eigenvalue weighted by Gasteiger charge is 2.18. The lowest BCUT2D eigenvalue weighted by atomic mass is 10.1. The van der Waals surface area contributed by atoms with Crippen molar-refractivity contribution >= 4 is 11.4 Å². The van der Waals surface area contributed by atoms with Gasteiger partial charge in [0, 0.05) is 12.1 Å². The monoisotopic (exact) mass is 240 g/mol. The van der Waals surface area contributed by atoms with E-state index in [0.717, 1.165) is 29.4 Å². The number of hydrogen-bond donors (Lipinski definition) is 1. The van der Waals surface area contributed by atoms with E-state index in [9.17, 15) is 0 Å². The Labute approximate surface area is 107 Å². The molecule has 3 nitrogen and oxygen atoms in total. The van der Waals surface area contributed by atoms with E-state index in [1.54, 1.807) is 0 Å². The number of benzene rings is 2. The largest absolute Gasteiger partial charge is 0.453 e. The van der Waals surface area contributed by atoms with Crippen LogP contribution in [0.15, 0.2) is 42.5 Å². The minimum Gasteiger partial charge on any atom is -0.453 e. The molecule has 3 rings (SSSR count). The highest BCUT2D eigenvalue weighted by atomic mass is 16.5. The molecule has 0 fully saturated rings. The zero-order valence-electron chi connectivity index (χ0n) is 10.6. The topological polar surface area (TPSA) is 24.5 Å². The van der Waals surface area contributed by atoms with E-state index in [0.29, 0.717) is 0 Å². The molecule has 0 unspecified atom stereocenters. The lowest BCUT2D eigenvalue weighted by molar-refractivity contribution is 0.388. The third-order valence-corrected chi connectivity index (χ3v) is 2.95. The molecule has 0 atom stereocenters. The molecule has 18 heavy (non-hydrogen) atoms. The number of hydrogen-bond acceptors (Lipinski definition) is 3. The van der Waals surface area contributed by atoms with Gasteiger partial charge in [-0.1, -0.05) is 24.3 Å². The summed E-state index contributed by atoms with van der Waals surface area (Å²) in [5.74, 6) is 1.82. The standard InChI is InChI=1S/C15H16N2O/c1-17(2)10-11-6-5-8-13-15(11)18-14-9-4-3-7-12(14)16-13/h3-9,16H,10H2,1-2H3. The maximum atomic E-state index is 6.02. The molecular weight excluding hydrogens is 224 g/mol. The van der Waals surface area contributed by atoms with Crippen molar-refractivity contribution in [3.05, 3.63) is 48.0 Å². The second-order valence-electron chi connectivity index (χ2n) is 4.75. The molecule has 0 bridgehead atoms. The van der Waals surface area contributed by atoms with Crippen molar-refractivity contribution in [3.63, 3.8) is 0 Å². The van der Waals surface area contributed by atoms with Crippen LogP contribution in [-0.2, 0) is 6.54 Å². The zero-order valence-corrected chi connectivity index (χ0v) is 10.6. The van der Waals surface area contributed by atoms with Crippen LogP contribution in [0, 0.1) is 0 Å². The SMILES string of the molecule is CN(C)Cc1cccc2c1Oc1ccccc1N2. The van der Waals surface area contributed by atoms with Gasteiger partial charge in [0.25, 0.3) is 0 Å². The number of ether oxygens (including phenoxy) is 1. The Morgan fingerprint density at radius 1 is 1.00 bits per heavy atom. The third kappa shape index (κ3) is 1.93. The smallest absolute Gasteiger partial charge is 0.155 e. The Bertz CT molecular complexity index is 578. The number of anilines is 2. The van der Waals surface area contributed by atoms with E-state index >= 15 is 0 Å². The number of nitrogens with one attached hydrogen (secondary N) is 1. The van der Waals surface area contributed by atoms with Crippen LogP contribution in [0.3, 0.4) is 0 Å². The normalized spacial score (nSPS) is 12.4. The van der Waals surface area contributed by atoms with Crippen LogP contribution in [0.2, 0.25) is 0 Å². The first-order valence-corrected chi connectivity index (χ1v) is 6.04. The second-order valence-corrected chi connectivity index (χ2v) is 4.75. The molecule has 0 amide bonds. The minimum atomic E-state index is 0.868. The maximum absolute atomic E-state index is 6.02. The average Bonchev–Trinajstić information content (AvgIpc) is 2.36. The average molecular weight is 240 g/mol. The molecule has 1 heterocycles. The first-order chi connectivity index (χ1) is 8.74. The summed E-state index contributed by atoms with van der Waals surface area (Å²) in [6.45, 7) is 0.868. The number of rotatable bonds is 2. The van der Waals surface area contributed by atoms with Crippen LogP contribution in [0.1, 0.15) is 5.56 Å². The van der Waals surface area contributed by atoms with Crippen molar-refractivity contribution in [2.75, 3.05) is 19.4 Å². The molecule has 0 aliphatic carbocycles. The van der Waals surface area contributed by atoms with Gasteiger partial charge in [-0.15, -0.1) is 0 Å². The molecule has 0 saturated heterocycles. The second kappa shape index (κ2) is 4.35. The molecular formula is C15H16N2O. The van der Waals surface area contributed by atoms with E-state index in [2.05, 4.69) is 36.4 Å². The van der Waals surface area contributed by atoms with E-state index < -0.39 is 0 Å². The molecule has 0 aromatic heterocycles. The third-order valence-electron chi connectivity index (χ3n) is 2.95. The fraction of sp³-hybridized carbons (Fsp3) is 0.200. The summed E-state index contributed by atoms with van der Waals surface area (Å²) in [7, 11) is 4.12. The molecule has 0 radical (unpaired) electrons. The predicted molar refractivity (Wildman–Crippen MR) is 73.6 cm³/mol. The summed E-state index contributed by atoms with van der Waals surface area (Å²) < 4.78 is 6.02. The fourth-order valence-electron chi connectivity index (χ4n) is 2.18. The lowest BCUT2D eigenvalue weighted by Gasteiger charge is -2.24. The summed E-state index contributed by atoms with van der Waals surface area (Å²) >= 11 is 0. The van der Waals surface area contributed by atoms with Gasteiger partial charge in [-0.05, 0) is 32.3 Å². The van der Waals surface area contributed by atoms with Crippen LogP contribution in [0.25, 0.3) is 0 Å². The summed E-state index contributed by atoms with van der Waals surface area (Å²) in [6, 6.07) is 14.2. The predicted octanol–water partition coefficient (Wildman–Crippen LogP) is 3.60. The Balaban J connectivity index is 2.02. The maximum Gasteiger partial charge on any atom is 0.155 e. The highest BCUT2D eigenvalue weighted by Crippen LogP contribution is 2.43. The van der Waals surface area contributed by atoms with Crippen LogP contribution in [-0.4, -0.2) is 19.0 Å². The van der Waals surface area contributed by atoms with Gasteiger partial charge in [-0.2, -0.15) is 0 Å². The van der Waals surface area contributed by atoms with Gasteiger partial charge in [0.1, 0.15) is 0 Å². The summed E-state index contributed by atoms with van der Waals surface area (Å²) in [5, 5.41) is 3.41. The van der Waals surface area contributed by atoms with Gasteiger partial charge >= 0.3 is 0 Å². The van der Waals surface area contributed by atoms with Crippen molar-refractivity contribution in [2.24, 2.45) is 0 Å². The van der Waals surface area contributed by atoms with Crippen molar-refractivity contribution in [2.45, 2.75) is 6.54 Å². The summed E-state index contributed by atoms with van der Waals surface area (Å²) in [6.07, 6.45) is 0. The molecule has 92 valence electrons. The quantitative estimate of drug-likeness (QED) is 0.740. The number of para-hydroxylation sites is 3. The van der Waals surface area contributed by atoms with Gasteiger partial charge in [0.15, 0.2) is 11.5 Å². The first-order valence-electron chi connectivity index (χ1n) is 6.04. The fourth-order valence-corrected chi connectivity index (χ4v) is 2.18. The molecule has 0 spiro atoms. The molecule has 3 heteroatoms. The zero-order chi connectivity index (χ0) is 12.5. The Morgan fingerprint density at radius 3 is 2.61 bits per heavy atom. The van der Waals surface area contributed by atoms with E-state index in [1.807, 2.05) is 30.3 Å². The van der Waals surface area contributed by atoms with Crippen LogP contribution in [0.4, 0.5) is 11.4 Å². The Kier molecular flexibility index (Phi) is 2.68. The number of fused-ring (bicyclic) bond motifs is 2. The van der Waals surface area contributed by atoms with E-state index in [1.165, 1.54) is 5.56 Å². The molecule has 2 aromatic rings. The molecule has 2 aromatic carbocycles. The van der Waals surface area contributed by atoms with Crippen molar-refractivity contribution in [1.82, 2.24) is 4.90 Å². The van der Waals surface area contributed by atoms with Crippen molar-refractivity contribution in [3.8, 4) is 11.5 Å². The minimum absolute atomic E-state index is 0.868. The molecule has 1 N–H and O–H groups in total. The van der Waals surface area contributed by atoms with Crippen LogP contribution in [0.5, 0.6) is 11.5 Å². The summed E-state index contributed by atoms with van der Waals surface area (Å²) in [5.41, 5.74) is 3.25. The molecule has 0 saturated carbocycles. The summed E-state index contributed by atoms with van der Waals surface area (Å²) in [4.78, 5) is 2.14. The Morgan fingerprint density at radius 2 is 1.78 bits per heavy atom. The van der Waals surface area contributed by atoms with Gasteiger partial charge in [-0.25, -0.2) is 0 Å². The van der Waals surface area contributed by atoms with Crippen LogP contribution < -0.4 is 10.1 Å². The van der Waals surface area contributed by atoms with E-state index in [-0.39, 0.29) is 0 Å². The van der Waals surface area contributed by atoms with Gasteiger partial charge < -0.3 is 15.0 Å². The van der Waals surface area contributed by atoms with Crippen LogP contribution >= 0.6 is 0 Å². The van der Waals surface area contributed by atoms with Gasteiger partial charge in [-0.3, -0.25) is 0 Å². The highest BCUT2D eigenvalue weighted by molar-refractivity contribution is 5.76. The van der Waals surface area contributed by atoms with Crippen molar-refractivity contribution < 1.29 is 4.74 Å². The van der Waals surface area contributed by atoms with Gasteiger partial charge in [0.05, 0.1) is 11.4 Å². The van der Waals surface area contributed by atoms with Crippen molar-refractivity contribution in [1.29, 1.82) is 0 Å². The lowest BCUT2D eigenvalue weighted by Crippen LogP contribution is -2.13. The van der Waals surface area contributed by atoms with E-state index in [4.69, 9.17) is 4.74 Å². The van der Waals surface area contributed by atoms with Gasteiger partial charge in [0.2, 0.25) is 0 Å².